The Morgan fingerprint density at radius 3 is 2.81 bits per heavy atom. The Morgan fingerprint density at radius 2 is 2.08 bits per heavy atom. The number of fused-ring (bicyclic) bond motifs is 1. The molecule has 10 heteroatoms. The van der Waals surface area contributed by atoms with Gasteiger partial charge in [-0.15, -0.1) is 0 Å². The summed E-state index contributed by atoms with van der Waals surface area (Å²) in [7, 11) is 0. The molecule has 190 valence electrons. The molecule has 2 aromatic heterocycles. The first kappa shape index (κ1) is 24.2. The third-order valence-electron chi connectivity index (χ3n) is 7.10. The molecule has 1 saturated carbocycles. The van der Waals surface area contributed by atoms with Gasteiger partial charge in [0, 0.05) is 29.8 Å². The molecule has 0 radical (unpaired) electrons. The van der Waals surface area contributed by atoms with E-state index in [0.29, 0.717) is 64.9 Å². The number of ether oxygens (including phenoxy) is 1. The van der Waals surface area contributed by atoms with E-state index < -0.39 is 12.4 Å². The molecule has 1 atom stereocenters. The van der Waals surface area contributed by atoms with Crippen LogP contribution in [0.25, 0.3) is 22.3 Å². The number of H-pyrrole nitrogens is 1. The summed E-state index contributed by atoms with van der Waals surface area (Å²) >= 11 is 0. The van der Waals surface area contributed by atoms with E-state index >= 15 is 0 Å². The topological polar surface area (TPSA) is 120 Å². The normalized spacial score (nSPS) is 19.0. The van der Waals surface area contributed by atoms with Crippen LogP contribution in [-0.4, -0.2) is 69.1 Å². The molecule has 36 heavy (non-hydrogen) atoms. The van der Waals surface area contributed by atoms with Gasteiger partial charge in [-0.1, -0.05) is 13.8 Å². The van der Waals surface area contributed by atoms with Crippen molar-refractivity contribution in [1.82, 2.24) is 25.2 Å². The van der Waals surface area contributed by atoms with Gasteiger partial charge >= 0.3 is 0 Å². The largest absolute Gasteiger partial charge is 0.493 e. The summed E-state index contributed by atoms with van der Waals surface area (Å²) in [4.78, 5) is 39.0. The van der Waals surface area contributed by atoms with Crippen LogP contribution < -0.4 is 10.1 Å². The minimum atomic E-state index is -0.565. The molecule has 1 aliphatic heterocycles. The molecule has 2 aliphatic rings. The van der Waals surface area contributed by atoms with Crippen LogP contribution in [0.5, 0.6) is 5.75 Å². The van der Waals surface area contributed by atoms with E-state index in [0.717, 1.165) is 12.8 Å². The number of aromatic amines is 1. The number of aliphatic hydroxyl groups excluding tert-OH is 1. The number of amides is 2. The van der Waals surface area contributed by atoms with Crippen LogP contribution in [0.15, 0.2) is 24.5 Å². The number of hydrogen-bond acceptors (Lipinski definition) is 6. The Kier molecular flexibility index (Phi) is 6.15. The zero-order valence-corrected chi connectivity index (χ0v) is 20.6. The third kappa shape index (κ3) is 4.53. The van der Waals surface area contributed by atoms with Gasteiger partial charge < -0.3 is 25.0 Å². The first-order valence-electron chi connectivity index (χ1n) is 12.1. The summed E-state index contributed by atoms with van der Waals surface area (Å²) in [5, 5.41) is 12.3. The van der Waals surface area contributed by atoms with Crippen molar-refractivity contribution in [2.24, 2.45) is 11.3 Å². The lowest BCUT2D eigenvalue weighted by Gasteiger charge is -2.26. The van der Waals surface area contributed by atoms with E-state index in [1.165, 1.54) is 18.5 Å². The van der Waals surface area contributed by atoms with Crippen molar-refractivity contribution in [2.75, 3.05) is 26.3 Å². The molecule has 1 aromatic carbocycles. The highest BCUT2D eigenvalue weighted by Crippen LogP contribution is 2.37. The number of rotatable bonds is 7. The Bertz CT molecular complexity index is 1330. The number of likely N-dealkylation sites (tertiary alicyclic amines) is 1. The molecule has 1 aliphatic carbocycles. The summed E-state index contributed by atoms with van der Waals surface area (Å²) in [5.74, 6) is -0.0515. The lowest BCUT2D eigenvalue weighted by molar-refractivity contribution is -0.133. The molecule has 0 spiro atoms. The second-order valence-electron chi connectivity index (χ2n) is 10.4. The minimum absolute atomic E-state index is 0.309. The molecule has 1 unspecified atom stereocenters. The van der Waals surface area contributed by atoms with Gasteiger partial charge in [0.15, 0.2) is 0 Å². The Balaban J connectivity index is 1.47. The smallest absolute Gasteiger partial charge is 0.255 e. The summed E-state index contributed by atoms with van der Waals surface area (Å²) in [6.45, 7) is 6.46. The summed E-state index contributed by atoms with van der Waals surface area (Å²) in [5.41, 5.74) is 2.47. The predicted octanol–water partition coefficient (Wildman–Crippen LogP) is 2.82. The molecule has 5 rings (SSSR count). The number of aromatic nitrogens is 3. The van der Waals surface area contributed by atoms with Crippen molar-refractivity contribution >= 4 is 22.8 Å². The van der Waals surface area contributed by atoms with Gasteiger partial charge in [0.1, 0.15) is 35.7 Å². The van der Waals surface area contributed by atoms with Crippen LogP contribution in [0.2, 0.25) is 0 Å². The maximum absolute atomic E-state index is 14.3. The number of aryl methyl sites for hydroxylation is 1. The van der Waals surface area contributed by atoms with Crippen molar-refractivity contribution in [2.45, 2.75) is 39.7 Å². The van der Waals surface area contributed by atoms with Gasteiger partial charge in [-0.05, 0) is 43.9 Å². The fraction of sp³-hybridized carbons (Fsp3) is 0.462. The second kappa shape index (κ2) is 9.16. The van der Waals surface area contributed by atoms with E-state index in [-0.39, 0.29) is 23.3 Å². The first-order chi connectivity index (χ1) is 17.2. The number of benzene rings is 1. The van der Waals surface area contributed by atoms with Crippen molar-refractivity contribution in [3.05, 3.63) is 41.6 Å². The van der Waals surface area contributed by atoms with Crippen LogP contribution in [0, 0.1) is 24.1 Å². The van der Waals surface area contributed by atoms with Crippen molar-refractivity contribution in [1.29, 1.82) is 0 Å². The number of halogens is 1. The van der Waals surface area contributed by atoms with E-state index in [2.05, 4.69) is 20.3 Å². The van der Waals surface area contributed by atoms with E-state index in [1.807, 2.05) is 13.8 Å². The number of hydrogen-bond donors (Lipinski definition) is 3. The van der Waals surface area contributed by atoms with Crippen LogP contribution >= 0.6 is 0 Å². The highest BCUT2D eigenvalue weighted by atomic mass is 19.1. The van der Waals surface area contributed by atoms with Crippen molar-refractivity contribution < 1.29 is 23.8 Å². The molecule has 2 fully saturated rings. The Hall–Kier alpha value is -3.53. The molecular weight excluding hydrogens is 465 g/mol. The summed E-state index contributed by atoms with van der Waals surface area (Å²) < 4.78 is 20.2. The fourth-order valence-electron chi connectivity index (χ4n) is 4.80. The first-order valence-corrected chi connectivity index (χ1v) is 12.1. The number of carbonyl (C=O) groups is 2. The van der Waals surface area contributed by atoms with Gasteiger partial charge in [-0.2, -0.15) is 0 Å². The van der Waals surface area contributed by atoms with Gasteiger partial charge in [0.05, 0.1) is 23.7 Å². The van der Waals surface area contributed by atoms with Crippen LogP contribution in [0.3, 0.4) is 0 Å². The van der Waals surface area contributed by atoms with E-state index in [4.69, 9.17) is 4.74 Å². The number of nitrogens with one attached hydrogen (secondary N) is 2. The number of aliphatic hydroxyl groups is 1. The molecule has 0 bridgehead atoms. The summed E-state index contributed by atoms with van der Waals surface area (Å²) in [6.07, 6.45) is 3.62. The average molecular weight is 496 g/mol. The molecule has 3 N–H and O–H groups in total. The van der Waals surface area contributed by atoms with Gasteiger partial charge in [-0.25, -0.2) is 14.4 Å². The Labute approximate surface area is 208 Å². The lowest BCUT2D eigenvalue weighted by atomic mass is 9.87. The molecule has 3 aromatic rings. The van der Waals surface area contributed by atoms with Crippen LogP contribution in [0.4, 0.5) is 4.39 Å². The number of carbonyl (C=O) groups excluding carboxylic acids is 2. The standard InChI is InChI=1S/C26H30FN5O4/c1-14-21(25(35)31-19-9-32(20(34)10-33)12-26(19,2)3)23-24(30-14)22(28-13-29-23)17-8-16(27)6-7-18(17)36-11-15-4-5-15/h6-8,13,15,19,30,33H,4-5,9-12H2,1-3H3,(H,31,35). The quantitative estimate of drug-likeness (QED) is 0.464. The monoisotopic (exact) mass is 495 g/mol. The highest BCUT2D eigenvalue weighted by molar-refractivity contribution is 6.09. The molecule has 2 amide bonds. The minimum Gasteiger partial charge on any atom is -0.493 e. The second-order valence-corrected chi connectivity index (χ2v) is 10.4. The number of nitrogens with zero attached hydrogens (tertiary/aromatic N) is 3. The zero-order chi connectivity index (χ0) is 25.6. The summed E-state index contributed by atoms with van der Waals surface area (Å²) in [6, 6.07) is 4.04. The van der Waals surface area contributed by atoms with Crippen molar-refractivity contribution in [3.8, 4) is 17.0 Å². The van der Waals surface area contributed by atoms with E-state index in [9.17, 15) is 19.1 Å². The highest BCUT2D eigenvalue weighted by Gasteiger charge is 2.42. The molecular formula is C26H30FN5O4. The maximum atomic E-state index is 14.3. The van der Waals surface area contributed by atoms with Crippen molar-refractivity contribution in [3.63, 3.8) is 0 Å². The molecule has 1 saturated heterocycles. The van der Waals surface area contributed by atoms with E-state index in [1.54, 1.807) is 17.9 Å². The van der Waals surface area contributed by atoms with Gasteiger partial charge in [-0.3, -0.25) is 9.59 Å². The fourth-order valence-corrected chi connectivity index (χ4v) is 4.80. The van der Waals surface area contributed by atoms with Gasteiger partial charge in [0.2, 0.25) is 5.91 Å². The predicted molar refractivity (Wildman–Crippen MR) is 131 cm³/mol. The average Bonchev–Trinajstić information content (AvgIpc) is 3.53. The third-order valence-corrected chi connectivity index (χ3v) is 7.10. The van der Waals surface area contributed by atoms with Crippen LogP contribution in [0.1, 0.15) is 42.7 Å². The molecule has 3 heterocycles. The lowest BCUT2D eigenvalue weighted by Crippen LogP contribution is -2.44. The maximum Gasteiger partial charge on any atom is 0.255 e. The zero-order valence-electron chi connectivity index (χ0n) is 20.6. The van der Waals surface area contributed by atoms with Crippen LogP contribution in [-0.2, 0) is 4.79 Å². The SMILES string of the molecule is Cc1[nH]c2c(-c3cc(F)ccc3OCC3CC3)ncnc2c1C(=O)NC1CN(C(=O)CO)CC1(C)C. The molecule has 9 nitrogen and oxygen atoms in total. The Morgan fingerprint density at radius 1 is 1.31 bits per heavy atom. The van der Waals surface area contributed by atoms with Gasteiger partial charge in [0.25, 0.3) is 5.91 Å².